The summed E-state index contributed by atoms with van der Waals surface area (Å²) in [5.41, 5.74) is 3.41. The molecule has 9 heteroatoms. The van der Waals surface area contributed by atoms with Crippen LogP contribution in [0.3, 0.4) is 0 Å². The predicted octanol–water partition coefficient (Wildman–Crippen LogP) is 6.08. The maximum atomic E-state index is 13.3. The number of hydrogen-bond donors (Lipinski definition) is 1. The average molecular weight is 614 g/mol. The summed E-state index contributed by atoms with van der Waals surface area (Å²) >= 11 is 7.01. The number of barbiturate groups is 1. The van der Waals surface area contributed by atoms with Gasteiger partial charge in [-0.1, -0.05) is 46.3 Å². The van der Waals surface area contributed by atoms with Crippen molar-refractivity contribution >= 4 is 61.5 Å². The Bertz CT molecular complexity index is 1420. The Morgan fingerprint density at radius 3 is 2.44 bits per heavy atom. The molecule has 3 aromatic carbocycles. The lowest BCUT2D eigenvalue weighted by molar-refractivity contribution is -0.122. The number of urea groups is 1. The second-order valence-corrected chi connectivity index (χ2v) is 9.80. The van der Waals surface area contributed by atoms with Crippen molar-refractivity contribution in [3.05, 3.63) is 91.4 Å². The van der Waals surface area contributed by atoms with Crippen LogP contribution in [0.1, 0.15) is 22.3 Å². The van der Waals surface area contributed by atoms with E-state index in [2.05, 4.69) is 37.2 Å². The van der Waals surface area contributed by atoms with Crippen LogP contribution in [0.2, 0.25) is 0 Å². The van der Waals surface area contributed by atoms with Crippen molar-refractivity contribution < 1.29 is 23.9 Å². The van der Waals surface area contributed by atoms with Crippen LogP contribution in [0.4, 0.5) is 10.5 Å². The first kappa shape index (κ1) is 25.7. The average Bonchev–Trinajstić information content (AvgIpc) is 2.84. The summed E-state index contributed by atoms with van der Waals surface area (Å²) in [6, 6.07) is 15.6. The van der Waals surface area contributed by atoms with Gasteiger partial charge in [-0.25, -0.2) is 9.69 Å². The maximum Gasteiger partial charge on any atom is 0.335 e. The maximum absolute atomic E-state index is 13.3. The number of nitrogens with zero attached hydrogens (tertiary/aromatic N) is 1. The van der Waals surface area contributed by atoms with Crippen molar-refractivity contribution in [2.75, 3.05) is 12.0 Å². The standard InChI is InChI=1S/C27H22Br2N2O5/c1-15-7-6-10-22(16(15)2)31-26(33)19(25(32)30-27(31)34)11-17-12-21(29)24(23(13-17)35-3)36-14-18-8-4-5-9-20(18)28/h4-13H,14H2,1-3H3,(H,30,32,34)/b19-11+. The lowest BCUT2D eigenvalue weighted by Crippen LogP contribution is -2.54. The number of methoxy groups -OCH3 is 1. The van der Waals surface area contributed by atoms with Gasteiger partial charge in [-0.3, -0.25) is 14.9 Å². The number of imide groups is 2. The SMILES string of the molecule is COc1cc(/C=C2\C(=O)NC(=O)N(c3cccc(C)c3C)C2=O)cc(Br)c1OCc1ccccc1Br. The molecule has 3 aromatic rings. The Morgan fingerprint density at radius 1 is 0.972 bits per heavy atom. The molecule has 7 nitrogen and oxygen atoms in total. The molecule has 1 aliphatic rings. The van der Waals surface area contributed by atoms with Crippen molar-refractivity contribution in [2.45, 2.75) is 20.5 Å². The van der Waals surface area contributed by atoms with Gasteiger partial charge in [0, 0.05) is 10.0 Å². The number of amides is 4. The molecule has 0 unspecified atom stereocenters. The first-order chi connectivity index (χ1) is 17.2. The lowest BCUT2D eigenvalue weighted by atomic mass is 10.0. The highest BCUT2D eigenvalue weighted by Gasteiger charge is 2.37. The summed E-state index contributed by atoms with van der Waals surface area (Å²) in [6.45, 7) is 4.00. The van der Waals surface area contributed by atoms with E-state index in [1.54, 1.807) is 24.3 Å². The number of hydrogen-bond acceptors (Lipinski definition) is 5. The van der Waals surface area contributed by atoms with E-state index >= 15 is 0 Å². The largest absolute Gasteiger partial charge is 0.493 e. The molecule has 4 amide bonds. The molecular weight excluding hydrogens is 592 g/mol. The van der Waals surface area contributed by atoms with Gasteiger partial charge in [0.1, 0.15) is 12.2 Å². The van der Waals surface area contributed by atoms with Gasteiger partial charge in [-0.05, 0) is 76.8 Å². The minimum Gasteiger partial charge on any atom is -0.493 e. The number of nitrogens with one attached hydrogen (secondary N) is 1. The first-order valence-electron chi connectivity index (χ1n) is 10.9. The number of aryl methyl sites for hydroxylation is 1. The molecule has 1 aliphatic heterocycles. The number of halogens is 2. The fraction of sp³-hybridized carbons (Fsp3) is 0.148. The molecule has 1 heterocycles. The minimum atomic E-state index is -0.787. The van der Waals surface area contributed by atoms with Crippen LogP contribution >= 0.6 is 31.9 Å². The number of carbonyl (C=O) groups is 3. The molecule has 0 bridgehead atoms. The summed E-state index contributed by atoms with van der Waals surface area (Å²) in [4.78, 5) is 39.5. The van der Waals surface area contributed by atoms with Gasteiger partial charge < -0.3 is 9.47 Å². The van der Waals surface area contributed by atoms with Gasteiger partial charge in [0.2, 0.25) is 0 Å². The van der Waals surface area contributed by atoms with Crippen molar-refractivity contribution in [3.63, 3.8) is 0 Å². The van der Waals surface area contributed by atoms with E-state index in [1.807, 2.05) is 44.2 Å². The van der Waals surface area contributed by atoms with E-state index in [0.717, 1.165) is 26.1 Å². The van der Waals surface area contributed by atoms with Crippen LogP contribution in [0.25, 0.3) is 6.08 Å². The lowest BCUT2D eigenvalue weighted by Gasteiger charge is -2.28. The monoisotopic (exact) mass is 612 g/mol. The van der Waals surface area contributed by atoms with Crippen LogP contribution in [0.5, 0.6) is 11.5 Å². The van der Waals surface area contributed by atoms with E-state index in [1.165, 1.54) is 13.2 Å². The molecule has 0 saturated carbocycles. The molecule has 0 aliphatic carbocycles. The van der Waals surface area contributed by atoms with E-state index in [0.29, 0.717) is 33.8 Å². The Balaban J connectivity index is 1.67. The van der Waals surface area contributed by atoms with Gasteiger partial charge in [-0.15, -0.1) is 0 Å². The van der Waals surface area contributed by atoms with E-state index in [-0.39, 0.29) is 5.57 Å². The van der Waals surface area contributed by atoms with Crippen LogP contribution in [0.15, 0.2) is 69.1 Å². The number of rotatable bonds is 6. The van der Waals surface area contributed by atoms with Gasteiger partial charge in [0.05, 0.1) is 17.3 Å². The molecule has 0 aromatic heterocycles. The number of ether oxygens (including phenoxy) is 2. The van der Waals surface area contributed by atoms with Crippen molar-refractivity contribution in [1.29, 1.82) is 0 Å². The van der Waals surface area contributed by atoms with Crippen LogP contribution in [-0.2, 0) is 16.2 Å². The zero-order valence-corrected chi connectivity index (χ0v) is 22.9. The second kappa shape index (κ2) is 10.7. The quantitative estimate of drug-likeness (QED) is 0.269. The van der Waals surface area contributed by atoms with Crippen molar-refractivity contribution in [3.8, 4) is 11.5 Å². The third-order valence-electron chi connectivity index (χ3n) is 5.81. The van der Waals surface area contributed by atoms with E-state index < -0.39 is 17.8 Å². The van der Waals surface area contributed by atoms with Crippen molar-refractivity contribution in [1.82, 2.24) is 5.32 Å². The van der Waals surface area contributed by atoms with E-state index in [4.69, 9.17) is 9.47 Å². The first-order valence-corrected chi connectivity index (χ1v) is 12.5. The third-order valence-corrected chi connectivity index (χ3v) is 7.17. The molecule has 184 valence electrons. The van der Waals surface area contributed by atoms with E-state index in [9.17, 15) is 14.4 Å². The normalized spacial score (nSPS) is 14.8. The van der Waals surface area contributed by atoms with Crippen LogP contribution in [-0.4, -0.2) is 25.0 Å². The molecule has 4 rings (SSSR count). The van der Waals surface area contributed by atoms with Gasteiger partial charge in [-0.2, -0.15) is 0 Å². The van der Waals surface area contributed by atoms with Crippen molar-refractivity contribution in [2.24, 2.45) is 0 Å². The number of carbonyl (C=O) groups excluding carboxylic acids is 3. The Hall–Kier alpha value is -3.43. The molecular formula is C27H22Br2N2O5. The Kier molecular flexibility index (Phi) is 7.61. The minimum absolute atomic E-state index is 0.175. The summed E-state index contributed by atoms with van der Waals surface area (Å²) in [7, 11) is 1.50. The second-order valence-electron chi connectivity index (χ2n) is 8.09. The van der Waals surface area contributed by atoms with Crippen LogP contribution < -0.4 is 19.7 Å². The summed E-state index contributed by atoms with van der Waals surface area (Å²) in [6.07, 6.45) is 1.42. The Morgan fingerprint density at radius 2 is 1.72 bits per heavy atom. The zero-order chi connectivity index (χ0) is 26.0. The van der Waals surface area contributed by atoms with Gasteiger partial charge in [0.15, 0.2) is 11.5 Å². The Labute approximate surface area is 225 Å². The molecule has 0 spiro atoms. The highest BCUT2D eigenvalue weighted by atomic mass is 79.9. The summed E-state index contributed by atoms with van der Waals surface area (Å²) < 4.78 is 13.0. The summed E-state index contributed by atoms with van der Waals surface area (Å²) in [5, 5.41) is 2.26. The number of benzene rings is 3. The highest BCUT2D eigenvalue weighted by molar-refractivity contribution is 9.10. The van der Waals surface area contributed by atoms with Crippen LogP contribution in [0, 0.1) is 13.8 Å². The predicted molar refractivity (Wildman–Crippen MR) is 144 cm³/mol. The molecule has 1 fully saturated rings. The smallest absolute Gasteiger partial charge is 0.335 e. The highest BCUT2D eigenvalue weighted by Crippen LogP contribution is 2.38. The molecule has 0 radical (unpaired) electrons. The third kappa shape index (κ3) is 5.08. The summed E-state index contributed by atoms with van der Waals surface area (Å²) in [5.74, 6) is -0.589. The molecule has 1 N–H and O–H groups in total. The molecule has 1 saturated heterocycles. The topological polar surface area (TPSA) is 84.9 Å². The zero-order valence-electron chi connectivity index (χ0n) is 19.7. The molecule has 0 atom stereocenters. The fourth-order valence-electron chi connectivity index (χ4n) is 3.75. The fourth-order valence-corrected chi connectivity index (χ4v) is 4.72. The van der Waals surface area contributed by atoms with Gasteiger partial charge in [0.25, 0.3) is 11.8 Å². The van der Waals surface area contributed by atoms with Gasteiger partial charge >= 0.3 is 6.03 Å². The molecule has 36 heavy (non-hydrogen) atoms. The number of anilines is 1.